The average molecular weight is 439 g/mol. The van der Waals surface area contributed by atoms with E-state index < -0.39 is 0 Å². The first-order chi connectivity index (χ1) is 16.2. The van der Waals surface area contributed by atoms with Crippen LogP contribution < -0.4 is 9.80 Å². The SMILES string of the molecule is CN(C)c1cncc(-c2cnc3[nH]nc(-c4cc5c(N6CCCCC6)nccc5[nH]4)c3c2)c1. The van der Waals surface area contributed by atoms with Gasteiger partial charge in [0.15, 0.2) is 5.65 Å². The molecule has 1 fully saturated rings. The molecule has 6 heterocycles. The van der Waals surface area contributed by atoms with E-state index in [1.807, 2.05) is 49.8 Å². The average Bonchev–Trinajstić information content (AvgIpc) is 3.48. The van der Waals surface area contributed by atoms with Crippen LogP contribution in [-0.2, 0) is 0 Å². The minimum Gasteiger partial charge on any atom is -0.376 e. The number of hydrogen-bond donors (Lipinski definition) is 2. The molecule has 1 aliphatic heterocycles. The fraction of sp³-hybridized carbons (Fsp3) is 0.280. The molecule has 5 aromatic rings. The highest BCUT2D eigenvalue weighted by atomic mass is 15.2. The van der Waals surface area contributed by atoms with Crippen molar-refractivity contribution in [1.82, 2.24) is 30.1 Å². The van der Waals surface area contributed by atoms with Crippen LogP contribution in [0.2, 0.25) is 0 Å². The van der Waals surface area contributed by atoms with Gasteiger partial charge in [-0.25, -0.2) is 9.97 Å². The van der Waals surface area contributed by atoms with Gasteiger partial charge in [-0.05, 0) is 43.5 Å². The number of aromatic nitrogens is 6. The van der Waals surface area contributed by atoms with Crippen molar-refractivity contribution in [3.63, 3.8) is 0 Å². The van der Waals surface area contributed by atoms with Gasteiger partial charge in [-0.3, -0.25) is 10.1 Å². The molecule has 6 rings (SSSR count). The first kappa shape index (κ1) is 19.7. The zero-order valence-corrected chi connectivity index (χ0v) is 18.8. The first-order valence-corrected chi connectivity index (χ1v) is 11.4. The van der Waals surface area contributed by atoms with Gasteiger partial charge in [-0.2, -0.15) is 5.10 Å². The molecule has 33 heavy (non-hydrogen) atoms. The number of nitrogens with one attached hydrogen (secondary N) is 2. The topological polar surface area (TPSA) is 89.6 Å². The lowest BCUT2D eigenvalue weighted by Crippen LogP contribution is -2.30. The van der Waals surface area contributed by atoms with E-state index in [9.17, 15) is 0 Å². The van der Waals surface area contributed by atoms with Crippen LogP contribution in [0.1, 0.15) is 19.3 Å². The Morgan fingerprint density at radius 2 is 1.76 bits per heavy atom. The molecule has 5 aromatic heterocycles. The maximum absolute atomic E-state index is 4.72. The molecular weight excluding hydrogens is 412 g/mol. The van der Waals surface area contributed by atoms with Crippen molar-refractivity contribution in [3.8, 4) is 22.5 Å². The number of aromatic amines is 2. The highest BCUT2D eigenvalue weighted by Gasteiger charge is 2.18. The standard InChI is InChI=1S/C25H26N8/c1-32(2)18-10-16(13-26-15-18)17-11-20-23(30-31-24(20)28-14-17)22-12-19-21(29-22)6-7-27-25(19)33-8-4-3-5-9-33/h6-7,10-15,29H,3-5,8-9H2,1-2H3,(H,28,30,31). The van der Waals surface area contributed by atoms with E-state index >= 15 is 0 Å². The van der Waals surface area contributed by atoms with Crippen LogP contribution >= 0.6 is 0 Å². The molecule has 166 valence electrons. The summed E-state index contributed by atoms with van der Waals surface area (Å²) < 4.78 is 0. The number of fused-ring (bicyclic) bond motifs is 2. The van der Waals surface area contributed by atoms with Crippen molar-refractivity contribution in [2.24, 2.45) is 0 Å². The Morgan fingerprint density at radius 3 is 2.61 bits per heavy atom. The highest BCUT2D eigenvalue weighted by Crippen LogP contribution is 2.34. The molecule has 0 bridgehead atoms. The summed E-state index contributed by atoms with van der Waals surface area (Å²) in [4.78, 5) is 21.8. The summed E-state index contributed by atoms with van der Waals surface area (Å²) in [6.07, 6.45) is 11.2. The fourth-order valence-corrected chi connectivity index (χ4v) is 4.62. The van der Waals surface area contributed by atoms with E-state index in [1.165, 1.54) is 19.3 Å². The molecule has 0 aromatic carbocycles. The quantitative estimate of drug-likeness (QED) is 0.426. The Labute approximate surface area is 191 Å². The van der Waals surface area contributed by atoms with E-state index in [0.717, 1.165) is 69.0 Å². The monoisotopic (exact) mass is 438 g/mol. The summed E-state index contributed by atoms with van der Waals surface area (Å²) in [6.45, 7) is 2.12. The summed E-state index contributed by atoms with van der Waals surface area (Å²) in [6, 6.07) is 8.45. The van der Waals surface area contributed by atoms with Gasteiger partial charge in [0.25, 0.3) is 0 Å². The molecule has 8 heteroatoms. The Balaban J connectivity index is 1.44. The van der Waals surface area contributed by atoms with Gasteiger partial charge in [0, 0.05) is 67.7 Å². The largest absolute Gasteiger partial charge is 0.376 e. The minimum absolute atomic E-state index is 0.763. The molecule has 0 saturated carbocycles. The lowest BCUT2D eigenvalue weighted by atomic mass is 10.1. The molecule has 0 amide bonds. The summed E-state index contributed by atoms with van der Waals surface area (Å²) in [5.74, 6) is 1.06. The maximum Gasteiger partial charge on any atom is 0.155 e. The number of piperidine rings is 1. The van der Waals surface area contributed by atoms with Gasteiger partial charge < -0.3 is 14.8 Å². The van der Waals surface area contributed by atoms with E-state index in [0.29, 0.717) is 0 Å². The summed E-state index contributed by atoms with van der Waals surface area (Å²) >= 11 is 0. The van der Waals surface area contributed by atoms with Crippen LogP contribution in [0.3, 0.4) is 0 Å². The Hall–Kier alpha value is -3.94. The van der Waals surface area contributed by atoms with Gasteiger partial charge in [0.2, 0.25) is 0 Å². The van der Waals surface area contributed by atoms with Crippen molar-refractivity contribution in [1.29, 1.82) is 0 Å². The van der Waals surface area contributed by atoms with Crippen LogP contribution in [0.25, 0.3) is 44.5 Å². The number of H-pyrrole nitrogens is 2. The van der Waals surface area contributed by atoms with Crippen molar-refractivity contribution < 1.29 is 0 Å². The molecular formula is C25H26N8. The summed E-state index contributed by atoms with van der Waals surface area (Å²) in [5.41, 5.74) is 6.73. The number of anilines is 2. The third-order valence-corrected chi connectivity index (χ3v) is 6.43. The third kappa shape index (κ3) is 3.47. The number of pyridine rings is 3. The van der Waals surface area contributed by atoms with Crippen LogP contribution in [0.5, 0.6) is 0 Å². The molecule has 0 aliphatic carbocycles. The van der Waals surface area contributed by atoms with Crippen molar-refractivity contribution >= 4 is 33.4 Å². The normalized spacial score (nSPS) is 14.3. The van der Waals surface area contributed by atoms with Crippen molar-refractivity contribution in [2.45, 2.75) is 19.3 Å². The van der Waals surface area contributed by atoms with Crippen LogP contribution in [0, 0.1) is 0 Å². The lowest BCUT2D eigenvalue weighted by molar-refractivity contribution is 0.575. The molecule has 0 radical (unpaired) electrons. The Bertz CT molecular complexity index is 1440. The molecule has 0 spiro atoms. The smallest absolute Gasteiger partial charge is 0.155 e. The van der Waals surface area contributed by atoms with Crippen LogP contribution in [-0.4, -0.2) is 57.3 Å². The van der Waals surface area contributed by atoms with Gasteiger partial charge in [-0.15, -0.1) is 0 Å². The summed E-state index contributed by atoms with van der Waals surface area (Å²) in [5, 5.41) is 9.80. The molecule has 0 atom stereocenters. The number of nitrogens with zero attached hydrogens (tertiary/aromatic N) is 6. The third-order valence-electron chi connectivity index (χ3n) is 6.43. The predicted molar refractivity (Wildman–Crippen MR) is 133 cm³/mol. The predicted octanol–water partition coefficient (Wildman–Crippen LogP) is 4.62. The minimum atomic E-state index is 0.763. The van der Waals surface area contributed by atoms with Crippen molar-refractivity contribution in [3.05, 3.63) is 49.1 Å². The Morgan fingerprint density at radius 1 is 0.909 bits per heavy atom. The second-order valence-electron chi connectivity index (χ2n) is 8.85. The molecule has 8 nitrogen and oxygen atoms in total. The maximum atomic E-state index is 4.72. The van der Waals surface area contributed by atoms with Crippen molar-refractivity contribution in [2.75, 3.05) is 37.0 Å². The van der Waals surface area contributed by atoms with E-state index in [2.05, 4.69) is 48.2 Å². The number of rotatable bonds is 4. The zero-order chi connectivity index (χ0) is 22.4. The second-order valence-corrected chi connectivity index (χ2v) is 8.85. The van der Waals surface area contributed by atoms with Gasteiger partial charge in [0.1, 0.15) is 11.5 Å². The first-order valence-electron chi connectivity index (χ1n) is 11.4. The highest BCUT2D eigenvalue weighted by molar-refractivity contribution is 5.99. The van der Waals surface area contributed by atoms with Crippen LogP contribution in [0.4, 0.5) is 11.5 Å². The Kier molecular flexibility index (Phi) is 4.71. The van der Waals surface area contributed by atoms with E-state index in [4.69, 9.17) is 4.98 Å². The zero-order valence-electron chi connectivity index (χ0n) is 18.8. The van der Waals surface area contributed by atoms with Gasteiger partial charge in [-0.1, -0.05) is 0 Å². The van der Waals surface area contributed by atoms with E-state index in [-0.39, 0.29) is 0 Å². The molecule has 1 saturated heterocycles. The summed E-state index contributed by atoms with van der Waals surface area (Å²) in [7, 11) is 4.03. The lowest BCUT2D eigenvalue weighted by Gasteiger charge is -2.28. The molecule has 2 N–H and O–H groups in total. The van der Waals surface area contributed by atoms with E-state index in [1.54, 1.807) is 0 Å². The molecule has 0 unspecified atom stereocenters. The molecule has 1 aliphatic rings. The second kappa shape index (κ2) is 7.88. The number of hydrogen-bond acceptors (Lipinski definition) is 6. The van der Waals surface area contributed by atoms with Gasteiger partial charge in [0.05, 0.1) is 23.1 Å². The fourth-order valence-electron chi connectivity index (χ4n) is 4.62. The van der Waals surface area contributed by atoms with Gasteiger partial charge >= 0.3 is 0 Å². The van der Waals surface area contributed by atoms with Crippen LogP contribution in [0.15, 0.2) is 49.1 Å².